The van der Waals surface area contributed by atoms with E-state index in [1.165, 1.54) is 0 Å². The molecule has 0 radical (unpaired) electrons. The average Bonchev–Trinajstić information content (AvgIpc) is 2.84. The standard InChI is InChI=1S/C22H24N2O2/c1-15(2)12-22(14-23)19-11-16(3)5-10-20(19)24(21(22)25)13-17-6-8-18(26-4)9-7-17/h5-11,15H,12-13H2,1-4H3. The van der Waals surface area contributed by atoms with Gasteiger partial charge in [0.25, 0.3) is 5.91 Å². The minimum absolute atomic E-state index is 0.120. The Hall–Kier alpha value is -2.80. The Bertz CT molecular complexity index is 865. The molecule has 1 amide bonds. The number of nitrogens with zero attached hydrogens (tertiary/aromatic N) is 2. The lowest BCUT2D eigenvalue weighted by molar-refractivity contribution is -0.122. The first-order chi connectivity index (χ1) is 12.4. The Morgan fingerprint density at radius 3 is 2.46 bits per heavy atom. The Morgan fingerprint density at radius 2 is 1.88 bits per heavy atom. The molecule has 0 saturated carbocycles. The third kappa shape index (κ3) is 2.94. The summed E-state index contributed by atoms with van der Waals surface area (Å²) < 4.78 is 5.20. The van der Waals surface area contributed by atoms with Gasteiger partial charge < -0.3 is 9.64 Å². The lowest BCUT2D eigenvalue weighted by atomic mass is 9.76. The van der Waals surface area contributed by atoms with Crippen molar-refractivity contribution in [2.24, 2.45) is 5.92 Å². The Balaban J connectivity index is 2.04. The summed E-state index contributed by atoms with van der Waals surface area (Å²) in [7, 11) is 1.63. The van der Waals surface area contributed by atoms with Crippen LogP contribution in [0.2, 0.25) is 0 Å². The van der Waals surface area contributed by atoms with Crippen molar-refractivity contribution in [2.45, 2.75) is 39.2 Å². The molecule has 1 aliphatic rings. The van der Waals surface area contributed by atoms with E-state index in [0.29, 0.717) is 13.0 Å². The molecule has 0 bridgehead atoms. The van der Waals surface area contributed by atoms with Crippen LogP contribution < -0.4 is 9.64 Å². The van der Waals surface area contributed by atoms with Crippen LogP contribution in [0.15, 0.2) is 42.5 Å². The summed E-state index contributed by atoms with van der Waals surface area (Å²) >= 11 is 0. The first kappa shape index (κ1) is 18.0. The summed E-state index contributed by atoms with van der Waals surface area (Å²) in [6, 6.07) is 16.0. The number of hydrogen-bond donors (Lipinski definition) is 0. The molecule has 0 fully saturated rings. The van der Waals surface area contributed by atoms with Crippen molar-refractivity contribution in [1.82, 2.24) is 0 Å². The van der Waals surface area contributed by atoms with Gasteiger partial charge >= 0.3 is 0 Å². The van der Waals surface area contributed by atoms with Crippen LogP contribution >= 0.6 is 0 Å². The number of carbonyl (C=O) groups is 1. The lowest BCUT2D eigenvalue weighted by Gasteiger charge is -2.23. The molecular weight excluding hydrogens is 324 g/mol. The number of aryl methyl sites for hydroxylation is 1. The molecule has 1 aliphatic heterocycles. The SMILES string of the molecule is COc1ccc(CN2C(=O)C(C#N)(CC(C)C)c3cc(C)ccc32)cc1. The van der Waals surface area contributed by atoms with E-state index in [0.717, 1.165) is 28.1 Å². The first-order valence-corrected chi connectivity index (χ1v) is 8.88. The second kappa shape index (κ2) is 6.84. The van der Waals surface area contributed by atoms with Crippen LogP contribution in [-0.4, -0.2) is 13.0 Å². The van der Waals surface area contributed by atoms with Gasteiger partial charge in [-0.05, 0) is 43.0 Å². The van der Waals surface area contributed by atoms with Gasteiger partial charge in [-0.25, -0.2) is 0 Å². The van der Waals surface area contributed by atoms with E-state index < -0.39 is 5.41 Å². The molecule has 4 nitrogen and oxygen atoms in total. The van der Waals surface area contributed by atoms with Gasteiger partial charge in [0.2, 0.25) is 0 Å². The zero-order valence-corrected chi connectivity index (χ0v) is 15.7. The minimum atomic E-state index is -1.10. The minimum Gasteiger partial charge on any atom is -0.497 e. The third-order valence-electron chi connectivity index (χ3n) is 4.92. The fourth-order valence-corrected chi connectivity index (χ4v) is 3.72. The third-order valence-corrected chi connectivity index (χ3v) is 4.92. The largest absolute Gasteiger partial charge is 0.497 e. The number of ether oxygens (including phenoxy) is 1. The molecule has 2 aromatic carbocycles. The highest BCUT2D eigenvalue weighted by Crippen LogP contribution is 2.46. The zero-order valence-electron chi connectivity index (χ0n) is 15.7. The van der Waals surface area contributed by atoms with Gasteiger partial charge in [-0.1, -0.05) is 43.7 Å². The van der Waals surface area contributed by atoms with Crippen molar-refractivity contribution in [1.29, 1.82) is 5.26 Å². The van der Waals surface area contributed by atoms with Crippen LogP contribution in [0.4, 0.5) is 5.69 Å². The summed E-state index contributed by atoms with van der Waals surface area (Å²) in [4.78, 5) is 15.1. The number of hydrogen-bond acceptors (Lipinski definition) is 3. The van der Waals surface area contributed by atoms with E-state index in [-0.39, 0.29) is 11.8 Å². The Kier molecular flexibility index (Phi) is 4.73. The maximum absolute atomic E-state index is 13.4. The molecule has 0 spiro atoms. The van der Waals surface area contributed by atoms with Crippen molar-refractivity contribution in [3.63, 3.8) is 0 Å². The van der Waals surface area contributed by atoms with E-state index in [4.69, 9.17) is 4.74 Å². The number of rotatable bonds is 5. The van der Waals surface area contributed by atoms with E-state index in [1.54, 1.807) is 12.0 Å². The Labute approximate surface area is 155 Å². The van der Waals surface area contributed by atoms with Crippen LogP contribution in [-0.2, 0) is 16.8 Å². The topological polar surface area (TPSA) is 53.3 Å². The van der Waals surface area contributed by atoms with Crippen molar-refractivity contribution in [2.75, 3.05) is 12.0 Å². The van der Waals surface area contributed by atoms with Gasteiger partial charge in [0.05, 0.1) is 19.7 Å². The second-order valence-electron chi connectivity index (χ2n) is 7.38. The fourth-order valence-electron chi connectivity index (χ4n) is 3.72. The molecule has 1 atom stereocenters. The first-order valence-electron chi connectivity index (χ1n) is 8.88. The van der Waals surface area contributed by atoms with Crippen molar-refractivity contribution in [3.05, 3.63) is 59.2 Å². The van der Waals surface area contributed by atoms with Crippen molar-refractivity contribution in [3.8, 4) is 11.8 Å². The van der Waals surface area contributed by atoms with Gasteiger partial charge in [0, 0.05) is 11.3 Å². The summed E-state index contributed by atoms with van der Waals surface area (Å²) in [6.07, 6.45) is 0.526. The molecular formula is C22H24N2O2. The number of fused-ring (bicyclic) bond motifs is 1. The molecule has 26 heavy (non-hydrogen) atoms. The highest BCUT2D eigenvalue weighted by Gasteiger charge is 2.51. The molecule has 0 aliphatic carbocycles. The highest BCUT2D eigenvalue weighted by atomic mass is 16.5. The molecule has 1 heterocycles. The van der Waals surface area contributed by atoms with Crippen molar-refractivity contribution >= 4 is 11.6 Å². The smallest absolute Gasteiger partial charge is 0.252 e. The van der Waals surface area contributed by atoms with E-state index in [1.807, 2.05) is 63.2 Å². The van der Waals surface area contributed by atoms with Gasteiger partial charge in [-0.3, -0.25) is 4.79 Å². The molecule has 2 aromatic rings. The average molecular weight is 348 g/mol. The van der Waals surface area contributed by atoms with Gasteiger partial charge in [0.1, 0.15) is 5.75 Å². The quantitative estimate of drug-likeness (QED) is 0.807. The molecule has 0 aromatic heterocycles. The van der Waals surface area contributed by atoms with Crippen LogP contribution in [0, 0.1) is 24.2 Å². The molecule has 1 unspecified atom stereocenters. The number of methoxy groups -OCH3 is 1. The van der Waals surface area contributed by atoms with Crippen LogP contribution in [0.5, 0.6) is 5.75 Å². The number of amides is 1. The lowest BCUT2D eigenvalue weighted by Crippen LogP contribution is -2.40. The van der Waals surface area contributed by atoms with Gasteiger partial charge in [0.15, 0.2) is 5.41 Å². The van der Waals surface area contributed by atoms with Crippen LogP contribution in [0.1, 0.15) is 37.0 Å². The maximum Gasteiger partial charge on any atom is 0.252 e. The van der Waals surface area contributed by atoms with E-state index >= 15 is 0 Å². The van der Waals surface area contributed by atoms with Crippen LogP contribution in [0.3, 0.4) is 0 Å². The fraction of sp³-hybridized carbons (Fsp3) is 0.364. The Morgan fingerprint density at radius 1 is 1.19 bits per heavy atom. The second-order valence-corrected chi connectivity index (χ2v) is 7.38. The number of carbonyl (C=O) groups excluding carboxylic acids is 1. The van der Waals surface area contributed by atoms with Gasteiger partial charge in [-0.2, -0.15) is 5.26 Å². The molecule has 0 saturated heterocycles. The highest BCUT2D eigenvalue weighted by molar-refractivity contribution is 6.10. The number of benzene rings is 2. The number of anilines is 1. The van der Waals surface area contributed by atoms with E-state index in [2.05, 4.69) is 6.07 Å². The van der Waals surface area contributed by atoms with Gasteiger partial charge in [-0.15, -0.1) is 0 Å². The van der Waals surface area contributed by atoms with E-state index in [9.17, 15) is 10.1 Å². The molecule has 3 rings (SSSR count). The van der Waals surface area contributed by atoms with Crippen molar-refractivity contribution < 1.29 is 9.53 Å². The predicted molar refractivity (Wildman–Crippen MR) is 102 cm³/mol. The summed E-state index contributed by atoms with van der Waals surface area (Å²) in [5.41, 5.74) is 2.66. The monoisotopic (exact) mass is 348 g/mol. The summed E-state index contributed by atoms with van der Waals surface area (Å²) in [6.45, 7) is 6.54. The molecule has 0 N–H and O–H groups in total. The zero-order chi connectivity index (χ0) is 18.9. The molecule has 4 heteroatoms. The number of nitriles is 1. The molecule has 134 valence electrons. The summed E-state index contributed by atoms with van der Waals surface area (Å²) in [5.74, 6) is 0.904. The summed E-state index contributed by atoms with van der Waals surface area (Å²) in [5, 5.41) is 10.0. The van der Waals surface area contributed by atoms with Crippen LogP contribution in [0.25, 0.3) is 0 Å². The maximum atomic E-state index is 13.4. The normalized spacial score (nSPS) is 18.8. The predicted octanol–water partition coefficient (Wildman–Crippen LogP) is 4.36.